The van der Waals surface area contributed by atoms with Crippen LogP contribution in [0, 0.1) is 0 Å². The number of hydrogen-bond donors (Lipinski definition) is 2. The summed E-state index contributed by atoms with van der Waals surface area (Å²) in [6.45, 7) is 0.512. The molecule has 0 radical (unpaired) electrons. The molecule has 4 rings (SSSR count). The number of nitrogens with two attached hydrogens (primary N) is 1. The maximum Gasteiger partial charge on any atom is 0.252 e. The highest BCUT2D eigenvalue weighted by Crippen LogP contribution is 2.22. The van der Waals surface area contributed by atoms with Crippen LogP contribution in [0.15, 0.2) is 53.6 Å². The Balaban J connectivity index is 1.83. The number of primary amides is 1. The van der Waals surface area contributed by atoms with Gasteiger partial charge < -0.3 is 15.3 Å². The smallest absolute Gasteiger partial charge is 0.252 e. The zero-order valence-corrected chi connectivity index (χ0v) is 13.7. The Labute approximate surface area is 146 Å². The molecule has 0 aliphatic rings. The Morgan fingerprint density at radius 3 is 2.88 bits per heavy atom. The van der Waals surface area contributed by atoms with Gasteiger partial charge in [0.2, 0.25) is 5.56 Å². The second kappa shape index (κ2) is 5.75. The van der Waals surface area contributed by atoms with Crippen LogP contribution in [0.2, 0.25) is 5.02 Å². The molecule has 3 N–H and O–H groups in total. The number of carbonyl (C=O) groups is 1. The number of halogens is 1. The summed E-state index contributed by atoms with van der Waals surface area (Å²) in [6.07, 6.45) is 3.27. The topological polar surface area (TPSA) is 93.8 Å². The predicted octanol–water partition coefficient (Wildman–Crippen LogP) is 2.68. The molecule has 1 aromatic carbocycles. The maximum atomic E-state index is 11.7. The Morgan fingerprint density at radius 1 is 1.24 bits per heavy atom. The van der Waals surface area contributed by atoms with Gasteiger partial charge in [0.25, 0.3) is 5.91 Å². The van der Waals surface area contributed by atoms with Crippen LogP contribution in [0.5, 0.6) is 0 Å². The van der Waals surface area contributed by atoms with Crippen LogP contribution in [0.1, 0.15) is 15.9 Å². The SMILES string of the molecule is NC(=O)c1cn(Cc2ccc3ncc(Cl)cc3c2)c2ccc(=O)[nH]c12. The summed E-state index contributed by atoms with van der Waals surface area (Å²) in [5.74, 6) is -0.583. The first kappa shape index (κ1) is 15.4. The van der Waals surface area contributed by atoms with E-state index >= 15 is 0 Å². The molecular formula is C18H13ClN4O2. The van der Waals surface area contributed by atoms with Gasteiger partial charge in [0, 0.05) is 30.4 Å². The average molecular weight is 353 g/mol. The summed E-state index contributed by atoms with van der Waals surface area (Å²) in [6, 6.07) is 10.8. The largest absolute Gasteiger partial charge is 0.365 e. The van der Waals surface area contributed by atoms with E-state index in [1.165, 1.54) is 6.07 Å². The van der Waals surface area contributed by atoms with Gasteiger partial charge in [0.05, 0.1) is 27.1 Å². The van der Waals surface area contributed by atoms with Crippen molar-refractivity contribution in [2.75, 3.05) is 0 Å². The number of benzene rings is 1. The summed E-state index contributed by atoms with van der Waals surface area (Å²) >= 11 is 6.01. The third-order valence-corrected chi connectivity index (χ3v) is 4.30. The van der Waals surface area contributed by atoms with Gasteiger partial charge in [0.15, 0.2) is 0 Å². The van der Waals surface area contributed by atoms with Gasteiger partial charge in [0.1, 0.15) is 0 Å². The average Bonchev–Trinajstić information content (AvgIpc) is 2.92. The number of pyridine rings is 2. The normalized spacial score (nSPS) is 11.2. The Hall–Kier alpha value is -3.12. The maximum absolute atomic E-state index is 11.7. The van der Waals surface area contributed by atoms with Crippen molar-refractivity contribution in [1.29, 1.82) is 0 Å². The fraction of sp³-hybridized carbons (Fsp3) is 0.0556. The minimum Gasteiger partial charge on any atom is -0.365 e. The fourth-order valence-electron chi connectivity index (χ4n) is 2.97. The van der Waals surface area contributed by atoms with Crippen LogP contribution in [-0.2, 0) is 6.54 Å². The lowest BCUT2D eigenvalue weighted by atomic mass is 10.1. The third-order valence-electron chi connectivity index (χ3n) is 4.09. The first-order chi connectivity index (χ1) is 12.0. The quantitative estimate of drug-likeness (QED) is 0.593. The summed E-state index contributed by atoms with van der Waals surface area (Å²) < 4.78 is 1.88. The van der Waals surface area contributed by atoms with Crippen molar-refractivity contribution in [3.63, 3.8) is 0 Å². The molecule has 0 atom stereocenters. The number of aromatic nitrogens is 3. The zero-order chi connectivity index (χ0) is 17.6. The fourth-order valence-corrected chi connectivity index (χ4v) is 3.13. The van der Waals surface area contributed by atoms with Crippen molar-refractivity contribution in [3.8, 4) is 0 Å². The molecule has 1 amide bonds. The van der Waals surface area contributed by atoms with Crippen molar-refractivity contribution >= 4 is 39.4 Å². The molecule has 0 saturated heterocycles. The summed E-state index contributed by atoms with van der Waals surface area (Å²) in [4.78, 5) is 30.2. The minimum absolute atomic E-state index is 0.279. The zero-order valence-electron chi connectivity index (χ0n) is 13.0. The molecule has 3 aromatic heterocycles. The first-order valence-electron chi connectivity index (χ1n) is 7.57. The van der Waals surface area contributed by atoms with E-state index < -0.39 is 5.91 Å². The van der Waals surface area contributed by atoms with Gasteiger partial charge in [-0.25, -0.2) is 0 Å². The summed E-state index contributed by atoms with van der Waals surface area (Å²) in [5.41, 5.74) is 8.49. The van der Waals surface area contributed by atoms with E-state index in [4.69, 9.17) is 17.3 Å². The van der Waals surface area contributed by atoms with Gasteiger partial charge in [-0.1, -0.05) is 17.7 Å². The summed E-state index contributed by atoms with van der Waals surface area (Å²) in [7, 11) is 0. The van der Waals surface area contributed by atoms with Crippen LogP contribution in [0.4, 0.5) is 0 Å². The molecule has 7 heteroatoms. The lowest BCUT2D eigenvalue weighted by molar-refractivity contribution is 0.100. The Kier molecular flexibility index (Phi) is 3.54. The van der Waals surface area contributed by atoms with E-state index in [2.05, 4.69) is 9.97 Å². The number of hydrogen-bond acceptors (Lipinski definition) is 3. The van der Waals surface area contributed by atoms with Crippen molar-refractivity contribution in [2.24, 2.45) is 5.73 Å². The molecule has 124 valence electrons. The molecule has 0 fully saturated rings. The van der Waals surface area contributed by atoms with E-state index in [0.29, 0.717) is 22.6 Å². The van der Waals surface area contributed by atoms with Crippen LogP contribution in [0.25, 0.3) is 21.9 Å². The number of nitrogens with one attached hydrogen (secondary N) is 1. The molecule has 0 saturated carbocycles. The van der Waals surface area contributed by atoms with Crippen molar-refractivity contribution in [2.45, 2.75) is 6.54 Å². The van der Waals surface area contributed by atoms with E-state index in [0.717, 1.165) is 22.0 Å². The van der Waals surface area contributed by atoms with Crippen LogP contribution >= 0.6 is 11.6 Å². The van der Waals surface area contributed by atoms with Crippen molar-refractivity contribution < 1.29 is 4.79 Å². The minimum atomic E-state index is -0.583. The first-order valence-corrected chi connectivity index (χ1v) is 7.95. The van der Waals surface area contributed by atoms with Crippen LogP contribution in [-0.4, -0.2) is 20.4 Å². The standard InChI is InChI=1S/C18H13ClN4O2/c19-12-6-11-5-10(1-2-14(11)21-7-12)8-23-9-13(18(20)25)17-15(23)3-4-16(24)22-17/h1-7,9H,8H2,(H2,20,25)(H,22,24). The third kappa shape index (κ3) is 2.77. The molecule has 4 aromatic rings. The number of nitrogens with zero attached hydrogens (tertiary/aromatic N) is 2. The lowest BCUT2D eigenvalue weighted by Crippen LogP contribution is -2.12. The molecule has 0 spiro atoms. The Morgan fingerprint density at radius 2 is 2.08 bits per heavy atom. The highest BCUT2D eigenvalue weighted by molar-refractivity contribution is 6.31. The molecule has 6 nitrogen and oxygen atoms in total. The summed E-state index contributed by atoms with van der Waals surface area (Å²) in [5, 5.41) is 1.51. The lowest BCUT2D eigenvalue weighted by Gasteiger charge is -2.07. The van der Waals surface area contributed by atoms with E-state index in [1.807, 2.05) is 28.8 Å². The van der Waals surface area contributed by atoms with Gasteiger partial charge >= 0.3 is 0 Å². The van der Waals surface area contributed by atoms with Gasteiger partial charge in [-0.3, -0.25) is 14.6 Å². The monoisotopic (exact) mass is 352 g/mol. The molecular weight excluding hydrogens is 340 g/mol. The number of carbonyl (C=O) groups excluding carboxylic acids is 1. The molecule has 0 aliphatic carbocycles. The number of amides is 1. The number of H-pyrrole nitrogens is 1. The van der Waals surface area contributed by atoms with Gasteiger partial charge in [-0.05, 0) is 29.8 Å². The second-order valence-electron chi connectivity index (χ2n) is 5.80. The van der Waals surface area contributed by atoms with Crippen molar-refractivity contribution in [1.82, 2.24) is 14.5 Å². The van der Waals surface area contributed by atoms with E-state index in [9.17, 15) is 9.59 Å². The van der Waals surface area contributed by atoms with Crippen LogP contribution in [0.3, 0.4) is 0 Å². The number of aromatic amines is 1. The number of rotatable bonds is 3. The Bertz CT molecular complexity index is 1190. The van der Waals surface area contributed by atoms with Crippen LogP contribution < -0.4 is 11.3 Å². The highest BCUT2D eigenvalue weighted by Gasteiger charge is 2.14. The molecule has 0 bridgehead atoms. The molecule has 0 aliphatic heterocycles. The number of fused-ring (bicyclic) bond motifs is 2. The van der Waals surface area contributed by atoms with Gasteiger partial charge in [-0.15, -0.1) is 0 Å². The predicted molar refractivity (Wildman–Crippen MR) is 96.9 cm³/mol. The molecule has 0 unspecified atom stereocenters. The second-order valence-corrected chi connectivity index (χ2v) is 6.23. The highest BCUT2D eigenvalue weighted by atomic mass is 35.5. The van der Waals surface area contributed by atoms with E-state index in [1.54, 1.807) is 18.5 Å². The molecule has 3 heterocycles. The van der Waals surface area contributed by atoms with E-state index in [-0.39, 0.29) is 5.56 Å². The molecule has 25 heavy (non-hydrogen) atoms. The van der Waals surface area contributed by atoms with Crippen molar-refractivity contribution in [3.05, 3.63) is 75.3 Å². The van der Waals surface area contributed by atoms with Gasteiger partial charge in [-0.2, -0.15) is 0 Å².